The molecule has 0 atom stereocenters. The SMILES string of the molecule is CC(C)NC(=O)/C=C/c1ccccn1.[HH]. The molecular weight excluding hydrogens is 176 g/mol. The highest BCUT2D eigenvalue weighted by atomic mass is 16.1. The molecule has 1 heterocycles. The van der Waals surface area contributed by atoms with E-state index in [2.05, 4.69) is 10.3 Å². The van der Waals surface area contributed by atoms with Crippen molar-refractivity contribution in [3.8, 4) is 0 Å². The molecule has 0 unspecified atom stereocenters. The van der Waals surface area contributed by atoms with Gasteiger partial charge in [0.25, 0.3) is 0 Å². The first-order valence-electron chi connectivity index (χ1n) is 4.58. The van der Waals surface area contributed by atoms with Crippen LogP contribution in [0.1, 0.15) is 21.0 Å². The molecule has 0 spiro atoms. The van der Waals surface area contributed by atoms with Crippen molar-refractivity contribution >= 4 is 12.0 Å². The molecule has 3 heteroatoms. The number of aromatic nitrogens is 1. The first-order chi connectivity index (χ1) is 6.68. The van der Waals surface area contributed by atoms with E-state index in [1.54, 1.807) is 12.3 Å². The van der Waals surface area contributed by atoms with E-state index in [4.69, 9.17) is 0 Å². The van der Waals surface area contributed by atoms with E-state index in [1.807, 2.05) is 32.0 Å². The molecule has 1 rings (SSSR count). The summed E-state index contributed by atoms with van der Waals surface area (Å²) in [7, 11) is 0. The van der Waals surface area contributed by atoms with Gasteiger partial charge >= 0.3 is 0 Å². The average molecular weight is 192 g/mol. The zero-order valence-corrected chi connectivity index (χ0v) is 8.40. The number of nitrogens with one attached hydrogen (secondary N) is 1. The lowest BCUT2D eigenvalue weighted by molar-refractivity contribution is -0.116. The summed E-state index contributed by atoms with van der Waals surface area (Å²) < 4.78 is 0. The van der Waals surface area contributed by atoms with Crippen molar-refractivity contribution in [3.05, 3.63) is 36.2 Å². The molecule has 0 bridgehead atoms. The number of hydrogen-bond acceptors (Lipinski definition) is 2. The average Bonchev–Trinajstić information content (AvgIpc) is 2.15. The van der Waals surface area contributed by atoms with Gasteiger partial charge in [0.1, 0.15) is 0 Å². The highest BCUT2D eigenvalue weighted by Crippen LogP contribution is 1.95. The zero-order valence-electron chi connectivity index (χ0n) is 8.40. The Hall–Kier alpha value is -1.64. The van der Waals surface area contributed by atoms with Crippen LogP contribution in [-0.2, 0) is 4.79 Å². The van der Waals surface area contributed by atoms with Crippen LogP contribution in [0, 0.1) is 0 Å². The second kappa shape index (κ2) is 5.17. The summed E-state index contributed by atoms with van der Waals surface area (Å²) in [4.78, 5) is 15.3. The van der Waals surface area contributed by atoms with Crippen LogP contribution in [0.5, 0.6) is 0 Å². The van der Waals surface area contributed by atoms with E-state index in [-0.39, 0.29) is 13.4 Å². The zero-order chi connectivity index (χ0) is 10.4. The summed E-state index contributed by atoms with van der Waals surface area (Å²) >= 11 is 0. The van der Waals surface area contributed by atoms with Gasteiger partial charge < -0.3 is 5.32 Å². The second-order valence-electron chi connectivity index (χ2n) is 3.25. The normalized spacial score (nSPS) is 10.8. The van der Waals surface area contributed by atoms with Crippen molar-refractivity contribution in [1.29, 1.82) is 0 Å². The number of nitrogens with zero attached hydrogens (tertiary/aromatic N) is 1. The van der Waals surface area contributed by atoms with Gasteiger partial charge in [-0.15, -0.1) is 0 Å². The molecule has 1 aromatic heterocycles. The number of pyridine rings is 1. The van der Waals surface area contributed by atoms with Crippen LogP contribution in [0.2, 0.25) is 0 Å². The van der Waals surface area contributed by atoms with Crippen molar-refractivity contribution in [2.45, 2.75) is 19.9 Å². The smallest absolute Gasteiger partial charge is 0.244 e. The molecule has 0 aliphatic rings. The number of amides is 1. The fourth-order valence-electron chi connectivity index (χ4n) is 0.968. The molecule has 0 aliphatic heterocycles. The Balaban J connectivity index is 0.00000196. The maximum absolute atomic E-state index is 11.2. The highest BCUT2D eigenvalue weighted by molar-refractivity contribution is 5.91. The fourth-order valence-corrected chi connectivity index (χ4v) is 0.968. The Morgan fingerprint density at radius 3 is 2.93 bits per heavy atom. The lowest BCUT2D eigenvalue weighted by Crippen LogP contribution is -2.28. The van der Waals surface area contributed by atoms with E-state index in [9.17, 15) is 4.79 Å². The standard InChI is InChI=1S/C11H14N2O.H2/c1-9(2)13-11(14)7-6-10-5-3-4-8-12-10;/h3-9H,1-2H3,(H,13,14);1H/b7-6+;. The van der Waals surface area contributed by atoms with Gasteiger partial charge in [-0.3, -0.25) is 9.78 Å². The third-order valence-electron chi connectivity index (χ3n) is 1.52. The minimum Gasteiger partial charge on any atom is -0.350 e. The van der Waals surface area contributed by atoms with Crippen LogP contribution in [0.4, 0.5) is 0 Å². The number of hydrogen-bond donors (Lipinski definition) is 1. The molecule has 0 saturated heterocycles. The predicted octanol–water partition coefficient (Wildman–Crippen LogP) is 1.87. The Labute approximate surface area is 85.3 Å². The summed E-state index contributed by atoms with van der Waals surface area (Å²) in [5.41, 5.74) is 0.784. The third kappa shape index (κ3) is 3.85. The summed E-state index contributed by atoms with van der Waals surface area (Å²) in [6.45, 7) is 3.85. The lowest BCUT2D eigenvalue weighted by Gasteiger charge is -2.03. The van der Waals surface area contributed by atoms with E-state index >= 15 is 0 Å². The third-order valence-corrected chi connectivity index (χ3v) is 1.52. The Morgan fingerprint density at radius 1 is 1.57 bits per heavy atom. The summed E-state index contributed by atoms with van der Waals surface area (Å²) in [6, 6.07) is 5.73. The van der Waals surface area contributed by atoms with Crippen LogP contribution < -0.4 is 5.32 Å². The van der Waals surface area contributed by atoms with Crippen molar-refractivity contribution < 1.29 is 6.22 Å². The lowest BCUT2D eigenvalue weighted by atomic mass is 10.3. The number of carbonyl (C=O) groups excluding carboxylic acids is 1. The number of rotatable bonds is 3. The minimum atomic E-state index is -0.0920. The van der Waals surface area contributed by atoms with E-state index in [0.717, 1.165) is 5.69 Å². The van der Waals surface area contributed by atoms with Crippen LogP contribution >= 0.6 is 0 Å². The minimum absolute atomic E-state index is 0. The molecule has 1 aromatic rings. The highest BCUT2D eigenvalue weighted by Gasteiger charge is 1.96. The van der Waals surface area contributed by atoms with Gasteiger partial charge in [0.2, 0.25) is 5.91 Å². The van der Waals surface area contributed by atoms with Crippen LogP contribution in [0.3, 0.4) is 0 Å². The molecule has 76 valence electrons. The first kappa shape index (κ1) is 10.4. The Bertz CT molecular complexity index is 323. The van der Waals surface area contributed by atoms with Gasteiger partial charge in [-0.1, -0.05) is 6.07 Å². The molecule has 1 amide bonds. The molecule has 14 heavy (non-hydrogen) atoms. The molecular formula is C11H16N2O. The topological polar surface area (TPSA) is 42.0 Å². The summed E-state index contributed by atoms with van der Waals surface area (Å²) in [5, 5.41) is 2.76. The first-order valence-corrected chi connectivity index (χ1v) is 4.58. The maximum Gasteiger partial charge on any atom is 0.244 e. The Kier molecular flexibility index (Phi) is 3.85. The van der Waals surface area contributed by atoms with Gasteiger partial charge in [0.15, 0.2) is 0 Å². The second-order valence-corrected chi connectivity index (χ2v) is 3.25. The van der Waals surface area contributed by atoms with Gasteiger partial charge in [0, 0.05) is 19.7 Å². The quantitative estimate of drug-likeness (QED) is 0.743. The van der Waals surface area contributed by atoms with Gasteiger partial charge in [-0.05, 0) is 32.1 Å². The van der Waals surface area contributed by atoms with Gasteiger partial charge in [-0.25, -0.2) is 0 Å². The molecule has 0 aliphatic carbocycles. The Morgan fingerprint density at radius 2 is 2.36 bits per heavy atom. The summed E-state index contributed by atoms with van der Waals surface area (Å²) in [6.07, 6.45) is 4.88. The van der Waals surface area contributed by atoms with Gasteiger partial charge in [-0.2, -0.15) is 0 Å². The van der Waals surface area contributed by atoms with Crippen LogP contribution in [-0.4, -0.2) is 16.9 Å². The number of carbonyl (C=O) groups is 1. The fraction of sp³-hybridized carbons (Fsp3) is 0.273. The predicted molar refractivity (Wildman–Crippen MR) is 58.7 cm³/mol. The van der Waals surface area contributed by atoms with Crippen LogP contribution in [0.15, 0.2) is 30.5 Å². The van der Waals surface area contributed by atoms with Crippen molar-refractivity contribution in [2.75, 3.05) is 0 Å². The van der Waals surface area contributed by atoms with Crippen LogP contribution in [0.25, 0.3) is 6.08 Å². The molecule has 1 N–H and O–H groups in total. The molecule has 0 radical (unpaired) electrons. The summed E-state index contributed by atoms with van der Waals surface area (Å²) in [5.74, 6) is -0.0920. The molecule has 3 nitrogen and oxygen atoms in total. The van der Waals surface area contributed by atoms with E-state index in [0.29, 0.717) is 0 Å². The van der Waals surface area contributed by atoms with Crippen molar-refractivity contribution in [1.82, 2.24) is 10.3 Å². The molecule has 0 fully saturated rings. The van der Waals surface area contributed by atoms with Crippen molar-refractivity contribution in [3.63, 3.8) is 0 Å². The van der Waals surface area contributed by atoms with Crippen molar-refractivity contribution in [2.24, 2.45) is 0 Å². The monoisotopic (exact) mass is 192 g/mol. The van der Waals surface area contributed by atoms with E-state index in [1.165, 1.54) is 6.08 Å². The van der Waals surface area contributed by atoms with Gasteiger partial charge in [0.05, 0.1) is 5.69 Å². The van der Waals surface area contributed by atoms with E-state index < -0.39 is 0 Å². The molecule has 0 aromatic carbocycles. The molecule has 0 saturated carbocycles. The maximum atomic E-state index is 11.2. The largest absolute Gasteiger partial charge is 0.350 e.